The Morgan fingerprint density at radius 2 is 2.25 bits per heavy atom. The lowest BCUT2D eigenvalue weighted by atomic mass is 10.1. The molecule has 0 aromatic heterocycles. The summed E-state index contributed by atoms with van der Waals surface area (Å²) in [4.78, 5) is 2.12. The van der Waals surface area contributed by atoms with Crippen LogP contribution in [0.4, 0.5) is 0 Å². The van der Waals surface area contributed by atoms with Gasteiger partial charge < -0.3 is 10.0 Å². The lowest BCUT2D eigenvalue weighted by Gasteiger charge is -2.27. The first kappa shape index (κ1) is 7.37. The standard InChI is InChI=1S/C10H11NO/c12-8-9-4-3-7-11-6-2-1-5-10(9)11/h1-6,12H,7-8H2. The fraction of sp³-hybridized carbons (Fsp3) is 0.200. The quantitative estimate of drug-likeness (QED) is 0.624. The highest BCUT2D eigenvalue weighted by Gasteiger charge is 2.12. The summed E-state index contributed by atoms with van der Waals surface area (Å²) in [6.45, 7) is 1.01. The van der Waals surface area contributed by atoms with Crippen molar-refractivity contribution in [1.82, 2.24) is 4.90 Å². The number of nitrogens with zero attached hydrogens (tertiary/aromatic N) is 1. The third kappa shape index (κ3) is 1.10. The van der Waals surface area contributed by atoms with E-state index >= 15 is 0 Å². The van der Waals surface area contributed by atoms with Crippen LogP contribution in [-0.2, 0) is 0 Å². The molecule has 0 atom stereocenters. The van der Waals surface area contributed by atoms with E-state index in [1.165, 1.54) is 0 Å². The summed E-state index contributed by atoms with van der Waals surface area (Å²) in [5.41, 5.74) is 2.10. The molecule has 2 aliphatic heterocycles. The molecular formula is C10H11NO. The molecule has 0 saturated carbocycles. The lowest BCUT2D eigenvalue weighted by Crippen LogP contribution is -2.22. The number of allylic oxidation sites excluding steroid dienone is 3. The third-order valence-corrected chi connectivity index (χ3v) is 2.06. The number of fused-ring (bicyclic) bond motifs is 1. The fourth-order valence-corrected chi connectivity index (χ4v) is 1.45. The van der Waals surface area contributed by atoms with E-state index in [0.29, 0.717) is 0 Å². The molecule has 0 amide bonds. The van der Waals surface area contributed by atoms with Crippen molar-refractivity contribution in [3.63, 3.8) is 0 Å². The van der Waals surface area contributed by atoms with Crippen molar-refractivity contribution < 1.29 is 5.11 Å². The van der Waals surface area contributed by atoms with Crippen molar-refractivity contribution in [1.29, 1.82) is 0 Å². The molecule has 0 aromatic rings. The number of hydrogen-bond acceptors (Lipinski definition) is 2. The largest absolute Gasteiger partial charge is 0.392 e. The lowest BCUT2D eigenvalue weighted by molar-refractivity contribution is 0.328. The van der Waals surface area contributed by atoms with Gasteiger partial charge in [-0.05, 0) is 12.2 Å². The first-order valence-corrected chi connectivity index (χ1v) is 4.04. The summed E-state index contributed by atoms with van der Waals surface area (Å²) in [5, 5.41) is 9.04. The predicted molar refractivity (Wildman–Crippen MR) is 48.2 cm³/mol. The molecule has 0 aliphatic carbocycles. The van der Waals surface area contributed by atoms with Crippen molar-refractivity contribution in [3.8, 4) is 0 Å². The molecule has 0 unspecified atom stereocenters. The van der Waals surface area contributed by atoms with Crippen LogP contribution in [0.25, 0.3) is 0 Å². The van der Waals surface area contributed by atoms with E-state index < -0.39 is 0 Å². The Labute approximate surface area is 71.8 Å². The highest BCUT2D eigenvalue weighted by molar-refractivity contribution is 5.40. The molecule has 2 rings (SSSR count). The summed E-state index contributed by atoms with van der Waals surface area (Å²) >= 11 is 0. The second-order valence-corrected chi connectivity index (χ2v) is 2.82. The zero-order chi connectivity index (χ0) is 8.39. The molecule has 0 bridgehead atoms. The van der Waals surface area contributed by atoms with Crippen molar-refractivity contribution in [2.24, 2.45) is 0 Å². The van der Waals surface area contributed by atoms with E-state index in [1.54, 1.807) is 0 Å². The fourth-order valence-electron chi connectivity index (χ4n) is 1.45. The molecule has 2 heteroatoms. The maximum Gasteiger partial charge on any atom is 0.0702 e. The van der Waals surface area contributed by atoms with Gasteiger partial charge in [0, 0.05) is 24.0 Å². The van der Waals surface area contributed by atoms with E-state index in [1.807, 2.05) is 30.5 Å². The van der Waals surface area contributed by atoms with Crippen LogP contribution < -0.4 is 0 Å². The topological polar surface area (TPSA) is 23.5 Å². The Bertz CT molecular complexity index is 297. The Morgan fingerprint density at radius 3 is 3.08 bits per heavy atom. The van der Waals surface area contributed by atoms with Gasteiger partial charge in [0.25, 0.3) is 0 Å². The van der Waals surface area contributed by atoms with Gasteiger partial charge in [-0.1, -0.05) is 18.2 Å². The minimum atomic E-state index is 0.112. The van der Waals surface area contributed by atoms with Gasteiger partial charge in [0.1, 0.15) is 0 Å². The first-order valence-electron chi connectivity index (χ1n) is 4.04. The summed E-state index contributed by atoms with van der Waals surface area (Å²) in [6, 6.07) is 0. The smallest absolute Gasteiger partial charge is 0.0702 e. The zero-order valence-electron chi connectivity index (χ0n) is 6.77. The summed E-state index contributed by atoms with van der Waals surface area (Å²) in [6.07, 6.45) is 12.1. The van der Waals surface area contributed by atoms with Crippen LogP contribution in [-0.4, -0.2) is 23.2 Å². The second kappa shape index (κ2) is 2.99. The number of aliphatic hydroxyl groups excluding tert-OH is 1. The van der Waals surface area contributed by atoms with E-state index in [-0.39, 0.29) is 6.61 Å². The normalized spacial score (nSPS) is 20.2. The molecular weight excluding hydrogens is 150 g/mol. The summed E-state index contributed by atoms with van der Waals surface area (Å²) in [7, 11) is 0. The molecule has 2 heterocycles. The van der Waals surface area contributed by atoms with Gasteiger partial charge in [-0.2, -0.15) is 0 Å². The van der Waals surface area contributed by atoms with E-state index in [4.69, 9.17) is 5.11 Å². The van der Waals surface area contributed by atoms with Crippen LogP contribution in [0.1, 0.15) is 0 Å². The third-order valence-electron chi connectivity index (χ3n) is 2.06. The molecule has 62 valence electrons. The molecule has 2 nitrogen and oxygen atoms in total. The average Bonchev–Trinajstić information content (AvgIpc) is 2.17. The van der Waals surface area contributed by atoms with Crippen LogP contribution in [0.5, 0.6) is 0 Å². The van der Waals surface area contributed by atoms with Crippen molar-refractivity contribution >= 4 is 0 Å². The first-order chi connectivity index (χ1) is 5.92. The van der Waals surface area contributed by atoms with Crippen LogP contribution >= 0.6 is 0 Å². The molecule has 0 radical (unpaired) electrons. The maximum absolute atomic E-state index is 9.04. The van der Waals surface area contributed by atoms with Crippen molar-refractivity contribution in [2.45, 2.75) is 0 Å². The highest BCUT2D eigenvalue weighted by Crippen LogP contribution is 2.20. The van der Waals surface area contributed by atoms with Crippen LogP contribution in [0.3, 0.4) is 0 Å². The Balaban J connectivity index is 2.39. The Kier molecular flexibility index (Phi) is 1.84. The van der Waals surface area contributed by atoms with E-state index in [9.17, 15) is 0 Å². The van der Waals surface area contributed by atoms with Crippen molar-refractivity contribution in [2.75, 3.05) is 13.2 Å². The van der Waals surface area contributed by atoms with Gasteiger partial charge in [0.2, 0.25) is 0 Å². The SMILES string of the molecule is OCC1=C2C=CC=CN2CC=C1. The van der Waals surface area contributed by atoms with Crippen LogP contribution in [0.15, 0.2) is 47.9 Å². The molecule has 0 aromatic carbocycles. The highest BCUT2D eigenvalue weighted by atomic mass is 16.3. The van der Waals surface area contributed by atoms with Crippen LogP contribution in [0.2, 0.25) is 0 Å². The van der Waals surface area contributed by atoms with Gasteiger partial charge in [-0.3, -0.25) is 0 Å². The number of hydrogen-bond donors (Lipinski definition) is 1. The number of aliphatic hydroxyl groups is 1. The van der Waals surface area contributed by atoms with Crippen LogP contribution in [0, 0.1) is 0 Å². The van der Waals surface area contributed by atoms with E-state index in [0.717, 1.165) is 17.8 Å². The predicted octanol–water partition coefficient (Wildman–Crippen LogP) is 1.19. The molecule has 0 spiro atoms. The molecule has 1 N–H and O–H groups in total. The summed E-state index contributed by atoms with van der Waals surface area (Å²) in [5.74, 6) is 0. The van der Waals surface area contributed by atoms with Gasteiger partial charge in [0.05, 0.1) is 6.61 Å². The molecule has 12 heavy (non-hydrogen) atoms. The van der Waals surface area contributed by atoms with E-state index in [2.05, 4.69) is 11.0 Å². The number of rotatable bonds is 1. The van der Waals surface area contributed by atoms with Gasteiger partial charge >= 0.3 is 0 Å². The minimum Gasteiger partial charge on any atom is -0.392 e. The van der Waals surface area contributed by atoms with Crippen molar-refractivity contribution in [3.05, 3.63) is 47.9 Å². The second-order valence-electron chi connectivity index (χ2n) is 2.82. The molecule has 0 fully saturated rings. The Hall–Kier alpha value is -1.28. The molecule has 2 aliphatic rings. The van der Waals surface area contributed by atoms with Gasteiger partial charge in [0.15, 0.2) is 0 Å². The average molecular weight is 161 g/mol. The monoisotopic (exact) mass is 161 g/mol. The van der Waals surface area contributed by atoms with Gasteiger partial charge in [-0.15, -0.1) is 0 Å². The molecule has 0 saturated heterocycles. The summed E-state index contributed by atoms with van der Waals surface area (Å²) < 4.78 is 0. The minimum absolute atomic E-state index is 0.112. The van der Waals surface area contributed by atoms with Gasteiger partial charge in [-0.25, -0.2) is 0 Å². The zero-order valence-corrected chi connectivity index (χ0v) is 6.77. The maximum atomic E-state index is 9.04. The Morgan fingerprint density at radius 1 is 1.33 bits per heavy atom.